The molecule has 0 aliphatic heterocycles. The molecule has 19 heavy (non-hydrogen) atoms. The molecule has 0 saturated carbocycles. The van der Waals surface area contributed by atoms with E-state index in [9.17, 15) is 5.11 Å². The summed E-state index contributed by atoms with van der Waals surface area (Å²) in [5.74, 6) is 0.358. The molecule has 1 aromatic rings. The average Bonchev–Trinajstić information content (AvgIpc) is 2.40. The summed E-state index contributed by atoms with van der Waals surface area (Å²) in [5, 5.41) is 13.1. The van der Waals surface area contributed by atoms with Gasteiger partial charge in [0, 0.05) is 6.04 Å². The number of nitrogens with one attached hydrogen (secondary N) is 1. The van der Waals surface area contributed by atoms with E-state index in [1.807, 2.05) is 12.1 Å². The highest BCUT2D eigenvalue weighted by atomic mass is 16.3. The van der Waals surface area contributed by atoms with Crippen molar-refractivity contribution in [1.82, 2.24) is 10.2 Å². The van der Waals surface area contributed by atoms with Crippen LogP contribution in [-0.4, -0.2) is 42.2 Å². The number of nitrogens with zero attached hydrogens (tertiary/aromatic N) is 1. The number of hydrogen-bond acceptors (Lipinski definition) is 3. The van der Waals surface area contributed by atoms with Gasteiger partial charge in [0.15, 0.2) is 0 Å². The quantitative estimate of drug-likeness (QED) is 0.720. The highest BCUT2D eigenvalue weighted by Gasteiger charge is 2.10. The fourth-order valence-corrected chi connectivity index (χ4v) is 2.41. The van der Waals surface area contributed by atoms with Crippen molar-refractivity contribution in [2.45, 2.75) is 39.7 Å². The van der Waals surface area contributed by atoms with Gasteiger partial charge in [0.2, 0.25) is 0 Å². The maximum atomic E-state index is 9.52. The van der Waals surface area contributed by atoms with Gasteiger partial charge in [-0.15, -0.1) is 0 Å². The Morgan fingerprint density at radius 1 is 1.21 bits per heavy atom. The first-order chi connectivity index (χ1) is 9.19. The SMILES string of the molecule is CCNC(CCN(CC)CC)Cc1cccc(O)c1. The first-order valence-electron chi connectivity index (χ1n) is 7.43. The van der Waals surface area contributed by atoms with E-state index in [0.29, 0.717) is 11.8 Å². The van der Waals surface area contributed by atoms with Gasteiger partial charge < -0.3 is 15.3 Å². The third-order valence-corrected chi connectivity index (χ3v) is 3.57. The normalized spacial score (nSPS) is 12.8. The molecule has 0 heterocycles. The predicted octanol–water partition coefficient (Wildman–Crippen LogP) is 2.64. The molecule has 2 N–H and O–H groups in total. The number of aromatic hydroxyl groups is 1. The van der Waals surface area contributed by atoms with Gasteiger partial charge in [-0.25, -0.2) is 0 Å². The fraction of sp³-hybridized carbons (Fsp3) is 0.625. The molecule has 108 valence electrons. The van der Waals surface area contributed by atoms with Crippen molar-refractivity contribution in [3.8, 4) is 5.75 Å². The smallest absolute Gasteiger partial charge is 0.115 e. The second-order valence-electron chi connectivity index (χ2n) is 4.94. The lowest BCUT2D eigenvalue weighted by Crippen LogP contribution is -2.35. The number of rotatable bonds is 9. The van der Waals surface area contributed by atoms with Crippen molar-refractivity contribution in [3.05, 3.63) is 29.8 Å². The van der Waals surface area contributed by atoms with Crippen LogP contribution in [0, 0.1) is 0 Å². The van der Waals surface area contributed by atoms with Crippen molar-refractivity contribution in [2.24, 2.45) is 0 Å². The lowest BCUT2D eigenvalue weighted by atomic mass is 10.0. The minimum Gasteiger partial charge on any atom is -0.508 e. The molecule has 3 nitrogen and oxygen atoms in total. The summed E-state index contributed by atoms with van der Waals surface area (Å²) >= 11 is 0. The molecule has 0 saturated heterocycles. The molecule has 1 aromatic carbocycles. The molecule has 1 rings (SSSR count). The second-order valence-corrected chi connectivity index (χ2v) is 4.94. The highest BCUT2D eigenvalue weighted by Crippen LogP contribution is 2.13. The summed E-state index contributed by atoms with van der Waals surface area (Å²) in [6, 6.07) is 8.07. The molecule has 0 aliphatic carbocycles. The molecular formula is C16H28N2O. The zero-order valence-electron chi connectivity index (χ0n) is 12.5. The summed E-state index contributed by atoms with van der Waals surface area (Å²) in [7, 11) is 0. The van der Waals surface area contributed by atoms with E-state index >= 15 is 0 Å². The number of likely N-dealkylation sites (N-methyl/N-ethyl adjacent to an activating group) is 1. The molecule has 0 aliphatic rings. The Bertz CT molecular complexity index is 350. The van der Waals surface area contributed by atoms with E-state index in [1.165, 1.54) is 5.56 Å². The van der Waals surface area contributed by atoms with Crippen LogP contribution < -0.4 is 5.32 Å². The van der Waals surface area contributed by atoms with Crippen LogP contribution >= 0.6 is 0 Å². The van der Waals surface area contributed by atoms with Crippen LogP contribution in [0.25, 0.3) is 0 Å². The Hall–Kier alpha value is -1.06. The summed E-state index contributed by atoms with van der Waals surface area (Å²) in [4.78, 5) is 2.45. The number of phenols is 1. The van der Waals surface area contributed by atoms with E-state index < -0.39 is 0 Å². The van der Waals surface area contributed by atoms with E-state index in [0.717, 1.165) is 39.0 Å². The Kier molecular flexibility index (Phi) is 7.53. The number of phenolic OH excluding ortho intramolecular Hbond substituents is 1. The summed E-state index contributed by atoms with van der Waals surface area (Å²) in [6.07, 6.45) is 2.12. The summed E-state index contributed by atoms with van der Waals surface area (Å²) in [5.41, 5.74) is 1.20. The summed E-state index contributed by atoms with van der Waals surface area (Å²) in [6.45, 7) is 10.9. The fourth-order valence-electron chi connectivity index (χ4n) is 2.41. The first kappa shape index (κ1) is 16.0. The standard InChI is InChI=1S/C16H28N2O/c1-4-17-15(10-11-18(5-2)6-3)12-14-8-7-9-16(19)13-14/h7-9,13,15,17,19H,4-6,10-12H2,1-3H3. The van der Waals surface area contributed by atoms with E-state index in [-0.39, 0.29) is 0 Å². The number of benzene rings is 1. The lowest BCUT2D eigenvalue weighted by Gasteiger charge is -2.23. The van der Waals surface area contributed by atoms with E-state index in [4.69, 9.17) is 0 Å². The molecular weight excluding hydrogens is 236 g/mol. The van der Waals surface area contributed by atoms with Gasteiger partial charge in [0.05, 0.1) is 0 Å². The molecule has 0 radical (unpaired) electrons. The van der Waals surface area contributed by atoms with Gasteiger partial charge in [0.25, 0.3) is 0 Å². The molecule has 0 spiro atoms. The van der Waals surface area contributed by atoms with Crippen molar-refractivity contribution in [2.75, 3.05) is 26.2 Å². The maximum absolute atomic E-state index is 9.52. The van der Waals surface area contributed by atoms with Gasteiger partial charge in [-0.05, 0) is 56.7 Å². The van der Waals surface area contributed by atoms with Gasteiger partial charge in [-0.1, -0.05) is 32.9 Å². The topological polar surface area (TPSA) is 35.5 Å². The first-order valence-corrected chi connectivity index (χ1v) is 7.43. The van der Waals surface area contributed by atoms with Crippen molar-refractivity contribution < 1.29 is 5.11 Å². The van der Waals surface area contributed by atoms with Gasteiger partial charge in [-0.2, -0.15) is 0 Å². The monoisotopic (exact) mass is 264 g/mol. The molecule has 3 heteroatoms. The largest absolute Gasteiger partial charge is 0.508 e. The number of hydrogen-bond donors (Lipinski definition) is 2. The van der Waals surface area contributed by atoms with Crippen LogP contribution in [0.1, 0.15) is 32.8 Å². The van der Waals surface area contributed by atoms with Gasteiger partial charge in [0.1, 0.15) is 5.75 Å². The Morgan fingerprint density at radius 3 is 2.53 bits per heavy atom. The minimum atomic E-state index is 0.358. The van der Waals surface area contributed by atoms with Crippen LogP contribution in [0.5, 0.6) is 5.75 Å². The van der Waals surface area contributed by atoms with Gasteiger partial charge in [-0.3, -0.25) is 0 Å². The van der Waals surface area contributed by atoms with Crippen LogP contribution in [0.4, 0.5) is 0 Å². The molecule has 1 atom stereocenters. The minimum absolute atomic E-state index is 0.358. The average molecular weight is 264 g/mol. The van der Waals surface area contributed by atoms with Crippen molar-refractivity contribution in [1.29, 1.82) is 0 Å². The van der Waals surface area contributed by atoms with E-state index in [1.54, 1.807) is 6.07 Å². The zero-order chi connectivity index (χ0) is 14.1. The Labute approximate surface area is 117 Å². The van der Waals surface area contributed by atoms with Crippen molar-refractivity contribution >= 4 is 0 Å². The van der Waals surface area contributed by atoms with Crippen molar-refractivity contribution in [3.63, 3.8) is 0 Å². The third-order valence-electron chi connectivity index (χ3n) is 3.57. The molecule has 0 aromatic heterocycles. The third kappa shape index (κ3) is 6.08. The predicted molar refractivity (Wildman–Crippen MR) is 81.7 cm³/mol. The molecule has 0 fully saturated rings. The van der Waals surface area contributed by atoms with E-state index in [2.05, 4.69) is 37.1 Å². The Balaban J connectivity index is 2.52. The zero-order valence-corrected chi connectivity index (χ0v) is 12.5. The van der Waals surface area contributed by atoms with Crippen LogP contribution in [-0.2, 0) is 6.42 Å². The van der Waals surface area contributed by atoms with Gasteiger partial charge >= 0.3 is 0 Å². The molecule has 0 amide bonds. The second kappa shape index (κ2) is 8.94. The van der Waals surface area contributed by atoms with Crippen LogP contribution in [0.15, 0.2) is 24.3 Å². The molecule has 0 bridgehead atoms. The summed E-state index contributed by atoms with van der Waals surface area (Å²) < 4.78 is 0. The van der Waals surface area contributed by atoms with Crippen LogP contribution in [0.2, 0.25) is 0 Å². The Morgan fingerprint density at radius 2 is 1.95 bits per heavy atom. The van der Waals surface area contributed by atoms with Crippen LogP contribution in [0.3, 0.4) is 0 Å². The lowest BCUT2D eigenvalue weighted by molar-refractivity contribution is 0.281. The highest BCUT2D eigenvalue weighted by molar-refractivity contribution is 5.27. The molecule has 1 unspecified atom stereocenters. The maximum Gasteiger partial charge on any atom is 0.115 e.